The van der Waals surface area contributed by atoms with E-state index < -0.39 is 5.97 Å². The SMILES string of the molecule is CCOC(=O)c1cnn(-c2nc(OC)nc(OC)n2)c1. The van der Waals surface area contributed by atoms with E-state index in [4.69, 9.17) is 14.2 Å². The summed E-state index contributed by atoms with van der Waals surface area (Å²) in [5.74, 6) is -0.295. The second kappa shape index (κ2) is 5.95. The highest BCUT2D eigenvalue weighted by atomic mass is 16.5. The Bertz CT molecular complexity index is 590. The predicted octanol–water partition coefficient (Wildman–Crippen LogP) is 0.251. The third-order valence-corrected chi connectivity index (χ3v) is 2.25. The molecule has 0 saturated heterocycles. The summed E-state index contributed by atoms with van der Waals surface area (Å²) in [6.07, 6.45) is 2.81. The molecule has 0 radical (unpaired) electrons. The highest BCUT2D eigenvalue weighted by molar-refractivity contribution is 5.88. The Morgan fingerprint density at radius 3 is 2.40 bits per heavy atom. The number of rotatable bonds is 5. The fraction of sp³-hybridized carbons (Fsp3) is 0.364. The Morgan fingerprint density at radius 1 is 1.20 bits per heavy atom. The number of methoxy groups -OCH3 is 2. The molecule has 0 aliphatic carbocycles. The maximum Gasteiger partial charge on any atom is 0.341 e. The van der Waals surface area contributed by atoms with Gasteiger partial charge in [-0.25, -0.2) is 9.48 Å². The molecule has 9 heteroatoms. The molecule has 0 unspecified atom stereocenters. The molecule has 2 aromatic rings. The summed E-state index contributed by atoms with van der Waals surface area (Å²) >= 11 is 0. The molecule has 0 amide bonds. The van der Waals surface area contributed by atoms with Crippen molar-refractivity contribution in [2.45, 2.75) is 6.92 Å². The highest BCUT2D eigenvalue weighted by Crippen LogP contribution is 2.12. The molecular weight excluding hydrogens is 266 g/mol. The van der Waals surface area contributed by atoms with Gasteiger partial charge in [0.05, 0.1) is 32.6 Å². The largest absolute Gasteiger partial charge is 0.467 e. The average molecular weight is 279 g/mol. The Kier molecular flexibility index (Phi) is 4.08. The van der Waals surface area contributed by atoms with Crippen molar-refractivity contribution in [2.75, 3.05) is 20.8 Å². The van der Waals surface area contributed by atoms with Crippen LogP contribution in [0.4, 0.5) is 0 Å². The fourth-order valence-electron chi connectivity index (χ4n) is 1.36. The Hall–Kier alpha value is -2.71. The summed E-state index contributed by atoms with van der Waals surface area (Å²) in [5.41, 5.74) is 0.296. The lowest BCUT2D eigenvalue weighted by atomic mass is 10.4. The van der Waals surface area contributed by atoms with E-state index in [-0.39, 0.29) is 24.6 Å². The van der Waals surface area contributed by atoms with Gasteiger partial charge in [0.1, 0.15) is 0 Å². The van der Waals surface area contributed by atoms with E-state index in [1.807, 2.05) is 0 Å². The molecule has 0 atom stereocenters. The van der Waals surface area contributed by atoms with Crippen LogP contribution in [0.3, 0.4) is 0 Å². The van der Waals surface area contributed by atoms with Crippen LogP contribution in [0.1, 0.15) is 17.3 Å². The molecular formula is C11H13N5O4. The second-order valence-electron chi connectivity index (χ2n) is 3.50. The zero-order valence-electron chi connectivity index (χ0n) is 11.2. The van der Waals surface area contributed by atoms with E-state index in [9.17, 15) is 4.79 Å². The molecule has 0 aromatic carbocycles. The van der Waals surface area contributed by atoms with Crippen LogP contribution in [0.15, 0.2) is 12.4 Å². The van der Waals surface area contributed by atoms with E-state index in [1.165, 1.54) is 31.3 Å². The van der Waals surface area contributed by atoms with Gasteiger partial charge in [0.15, 0.2) is 0 Å². The molecule has 2 aromatic heterocycles. The van der Waals surface area contributed by atoms with Crippen molar-refractivity contribution in [3.63, 3.8) is 0 Å². The number of carbonyl (C=O) groups is 1. The van der Waals surface area contributed by atoms with Gasteiger partial charge in [-0.1, -0.05) is 0 Å². The topological polar surface area (TPSA) is 101 Å². The van der Waals surface area contributed by atoms with E-state index in [1.54, 1.807) is 6.92 Å². The first-order chi connectivity index (χ1) is 9.67. The second-order valence-corrected chi connectivity index (χ2v) is 3.50. The summed E-state index contributed by atoms with van der Waals surface area (Å²) < 4.78 is 16.1. The summed E-state index contributed by atoms with van der Waals surface area (Å²) in [5, 5.41) is 3.99. The number of carbonyl (C=O) groups excluding carboxylic acids is 1. The first-order valence-electron chi connectivity index (χ1n) is 5.74. The quantitative estimate of drug-likeness (QED) is 0.718. The van der Waals surface area contributed by atoms with Crippen LogP contribution in [-0.4, -0.2) is 51.5 Å². The van der Waals surface area contributed by atoms with Crippen LogP contribution >= 0.6 is 0 Å². The molecule has 0 aliphatic heterocycles. The lowest BCUT2D eigenvalue weighted by Gasteiger charge is -2.04. The van der Waals surface area contributed by atoms with Crippen LogP contribution in [0.5, 0.6) is 12.0 Å². The third kappa shape index (κ3) is 2.82. The number of nitrogens with zero attached hydrogens (tertiary/aromatic N) is 5. The minimum absolute atomic E-state index is 0.0834. The van der Waals surface area contributed by atoms with E-state index in [2.05, 4.69) is 20.1 Å². The third-order valence-electron chi connectivity index (χ3n) is 2.25. The smallest absolute Gasteiger partial charge is 0.341 e. The van der Waals surface area contributed by atoms with Gasteiger partial charge in [-0.3, -0.25) is 0 Å². The first-order valence-corrected chi connectivity index (χ1v) is 5.74. The van der Waals surface area contributed by atoms with Crippen LogP contribution in [-0.2, 0) is 4.74 Å². The molecule has 0 saturated carbocycles. The summed E-state index contributed by atoms with van der Waals surface area (Å²) in [7, 11) is 2.84. The lowest BCUT2D eigenvalue weighted by Crippen LogP contribution is -2.07. The number of hydrogen-bond donors (Lipinski definition) is 0. The molecule has 0 spiro atoms. The van der Waals surface area contributed by atoms with Crippen LogP contribution in [0.25, 0.3) is 5.95 Å². The van der Waals surface area contributed by atoms with Gasteiger partial charge in [0, 0.05) is 6.20 Å². The fourth-order valence-corrected chi connectivity index (χ4v) is 1.36. The van der Waals surface area contributed by atoms with Gasteiger partial charge in [-0.2, -0.15) is 15.1 Å². The van der Waals surface area contributed by atoms with Crippen molar-refractivity contribution < 1.29 is 19.0 Å². The van der Waals surface area contributed by atoms with Crippen LogP contribution in [0, 0.1) is 0 Å². The minimum Gasteiger partial charge on any atom is -0.467 e. The molecule has 9 nitrogen and oxygen atoms in total. The normalized spacial score (nSPS) is 10.2. The van der Waals surface area contributed by atoms with Crippen LogP contribution < -0.4 is 9.47 Å². The van der Waals surface area contributed by atoms with Gasteiger partial charge in [0.25, 0.3) is 5.95 Å². The Morgan fingerprint density at radius 2 is 1.85 bits per heavy atom. The minimum atomic E-state index is -0.466. The molecule has 2 heterocycles. The first kappa shape index (κ1) is 13.7. The highest BCUT2D eigenvalue weighted by Gasteiger charge is 2.14. The molecule has 20 heavy (non-hydrogen) atoms. The summed E-state index contributed by atoms with van der Waals surface area (Å²) in [4.78, 5) is 23.5. The van der Waals surface area contributed by atoms with Gasteiger partial charge in [0.2, 0.25) is 0 Å². The molecule has 0 bridgehead atoms. The number of ether oxygens (including phenoxy) is 3. The average Bonchev–Trinajstić information content (AvgIpc) is 2.97. The van der Waals surface area contributed by atoms with Gasteiger partial charge in [-0.15, -0.1) is 4.98 Å². The number of aromatic nitrogens is 5. The zero-order chi connectivity index (χ0) is 14.5. The van der Waals surface area contributed by atoms with Crippen molar-refractivity contribution in [3.8, 4) is 18.0 Å². The van der Waals surface area contributed by atoms with Crippen LogP contribution in [0.2, 0.25) is 0 Å². The van der Waals surface area contributed by atoms with Crippen molar-refractivity contribution in [2.24, 2.45) is 0 Å². The monoisotopic (exact) mass is 279 g/mol. The summed E-state index contributed by atoms with van der Waals surface area (Å²) in [6, 6.07) is 0.167. The maximum atomic E-state index is 11.6. The predicted molar refractivity (Wildman–Crippen MR) is 66.0 cm³/mol. The number of esters is 1. The van der Waals surface area contributed by atoms with Crippen molar-refractivity contribution in [1.29, 1.82) is 0 Å². The maximum absolute atomic E-state index is 11.6. The molecule has 106 valence electrons. The number of hydrogen-bond acceptors (Lipinski definition) is 8. The van der Waals surface area contributed by atoms with E-state index in [0.717, 1.165) is 0 Å². The van der Waals surface area contributed by atoms with Crippen molar-refractivity contribution in [1.82, 2.24) is 24.7 Å². The molecule has 0 aliphatic rings. The van der Waals surface area contributed by atoms with Gasteiger partial charge >= 0.3 is 18.0 Å². The van der Waals surface area contributed by atoms with Crippen molar-refractivity contribution >= 4 is 5.97 Å². The lowest BCUT2D eigenvalue weighted by molar-refractivity contribution is 0.0526. The molecule has 2 rings (SSSR count). The van der Waals surface area contributed by atoms with Gasteiger partial charge in [-0.05, 0) is 6.92 Å². The molecule has 0 N–H and O–H groups in total. The summed E-state index contributed by atoms with van der Waals surface area (Å²) in [6.45, 7) is 2.02. The van der Waals surface area contributed by atoms with Crippen molar-refractivity contribution in [3.05, 3.63) is 18.0 Å². The van der Waals surface area contributed by atoms with E-state index >= 15 is 0 Å². The standard InChI is InChI=1S/C11H13N5O4/c1-4-20-8(17)7-5-12-16(6-7)9-13-10(18-2)15-11(14-9)19-3/h5-6H,4H2,1-3H3. The Balaban J connectivity index is 2.34. The molecule has 0 fully saturated rings. The Labute approximate surface area is 114 Å². The zero-order valence-corrected chi connectivity index (χ0v) is 11.2. The van der Waals surface area contributed by atoms with E-state index in [0.29, 0.717) is 5.56 Å². The van der Waals surface area contributed by atoms with Gasteiger partial charge < -0.3 is 14.2 Å².